The van der Waals surface area contributed by atoms with Gasteiger partial charge in [0.05, 0.1) is 6.21 Å². The van der Waals surface area contributed by atoms with Gasteiger partial charge in [0, 0.05) is 29.4 Å². The number of nitrogens with zero attached hydrogens (tertiary/aromatic N) is 2. The van der Waals surface area contributed by atoms with Gasteiger partial charge in [0.2, 0.25) is 0 Å². The van der Waals surface area contributed by atoms with Crippen molar-refractivity contribution < 1.29 is 9.59 Å². The minimum Gasteiger partial charge on any atom is -0.372 e. The second kappa shape index (κ2) is 12.4. The fourth-order valence-corrected chi connectivity index (χ4v) is 3.38. The van der Waals surface area contributed by atoms with E-state index in [1.54, 1.807) is 54.6 Å². The summed E-state index contributed by atoms with van der Waals surface area (Å²) < 4.78 is 0. The van der Waals surface area contributed by atoms with Crippen LogP contribution >= 0.6 is 11.6 Å². The van der Waals surface area contributed by atoms with Crippen LogP contribution in [0.5, 0.6) is 0 Å². The lowest BCUT2D eigenvalue weighted by Gasteiger charge is -2.20. The SMILES string of the molecule is CCN(CC)c1ccc(/C=C(\NC(=O)c2ccccc2)C(=O)NN=Cc2ccc(Cl)cc2)cc1. The predicted octanol–water partition coefficient (Wildman–Crippen LogP) is 5.11. The first-order chi connectivity index (χ1) is 16.5. The first-order valence-corrected chi connectivity index (χ1v) is 11.4. The normalized spacial score (nSPS) is 11.3. The van der Waals surface area contributed by atoms with Gasteiger partial charge in [-0.25, -0.2) is 5.43 Å². The van der Waals surface area contributed by atoms with Crippen LogP contribution in [0.25, 0.3) is 6.08 Å². The number of carbonyl (C=O) groups is 2. The van der Waals surface area contributed by atoms with Crippen molar-refractivity contribution in [2.75, 3.05) is 18.0 Å². The molecule has 0 atom stereocenters. The molecule has 0 bridgehead atoms. The van der Waals surface area contributed by atoms with Crippen LogP contribution in [-0.4, -0.2) is 31.1 Å². The fraction of sp³-hybridized carbons (Fsp3) is 0.148. The van der Waals surface area contributed by atoms with Gasteiger partial charge >= 0.3 is 0 Å². The molecule has 0 heterocycles. The van der Waals surface area contributed by atoms with Gasteiger partial charge in [-0.2, -0.15) is 5.10 Å². The zero-order chi connectivity index (χ0) is 24.3. The van der Waals surface area contributed by atoms with E-state index in [0.717, 1.165) is 29.9 Å². The molecule has 2 amide bonds. The Labute approximate surface area is 204 Å². The van der Waals surface area contributed by atoms with Crippen LogP contribution in [0.4, 0.5) is 5.69 Å². The molecule has 3 aromatic carbocycles. The van der Waals surface area contributed by atoms with Crippen molar-refractivity contribution in [3.8, 4) is 0 Å². The van der Waals surface area contributed by atoms with E-state index in [1.165, 1.54) is 6.21 Å². The average Bonchev–Trinajstić information content (AvgIpc) is 2.87. The Morgan fingerprint density at radius 2 is 1.50 bits per heavy atom. The highest BCUT2D eigenvalue weighted by molar-refractivity contribution is 6.30. The number of hydrogen-bond acceptors (Lipinski definition) is 4. The number of carbonyl (C=O) groups excluding carboxylic acids is 2. The van der Waals surface area contributed by atoms with Crippen LogP contribution in [0, 0.1) is 0 Å². The molecule has 0 fully saturated rings. The molecule has 0 radical (unpaired) electrons. The standard InChI is InChI=1S/C27H27ClN4O2/c1-3-32(4-2)24-16-12-20(13-17-24)18-25(30-26(33)22-8-6-5-7-9-22)27(34)31-29-19-21-10-14-23(28)15-11-21/h5-19H,3-4H2,1-2H3,(H,30,33)(H,31,34)/b25-18-,29-19?. The number of anilines is 1. The third-order valence-corrected chi connectivity index (χ3v) is 5.36. The molecule has 7 heteroatoms. The highest BCUT2D eigenvalue weighted by atomic mass is 35.5. The summed E-state index contributed by atoms with van der Waals surface area (Å²) in [6.45, 7) is 6.00. The van der Waals surface area contributed by atoms with Crippen LogP contribution in [0.1, 0.15) is 35.3 Å². The number of benzene rings is 3. The van der Waals surface area contributed by atoms with Gasteiger partial charge in [-0.15, -0.1) is 0 Å². The zero-order valence-electron chi connectivity index (χ0n) is 19.2. The van der Waals surface area contributed by atoms with Gasteiger partial charge in [0.25, 0.3) is 11.8 Å². The van der Waals surface area contributed by atoms with Crippen molar-refractivity contribution in [3.05, 3.63) is 106 Å². The lowest BCUT2D eigenvalue weighted by atomic mass is 10.1. The number of amides is 2. The highest BCUT2D eigenvalue weighted by Crippen LogP contribution is 2.17. The lowest BCUT2D eigenvalue weighted by molar-refractivity contribution is -0.117. The van der Waals surface area contributed by atoms with Gasteiger partial charge in [-0.3, -0.25) is 9.59 Å². The molecular formula is C27H27ClN4O2. The summed E-state index contributed by atoms with van der Waals surface area (Å²) in [5.74, 6) is -0.925. The highest BCUT2D eigenvalue weighted by Gasteiger charge is 2.14. The van der Waals surface area contributed by atoms with Gasteiger partial charge in [0.15, 0.2) is 0 Å². The molecule has 0 unspecified atom stereocenters. The molecule has 3 rings (SSSR count). The molecule has 6 nitrogen and oxygen atoms in total. The summed E-state index contributed by atoms with van der Waals surface area (Å²) in [6, 6.07) is 23.6. The monoisotopic (exact) mass is 474 g/mol. The number of hydrogen-bond donors (Lipinski definition) is 2. The first kappa shape index (κ1) is 24.7. The molecule has 0 aliphatic carbocycles. The van der Waals surface area contributed by atoms with Crippen molar-refractivity contribution >= 4 is 41.4 Å². The van der Waals surface area contributed by atoms with Crippen molar-refractivity contribution in [1.29, 1.82) is 0 Å². The Kier molecular flexibility index (Phi) is 9.00. The molecule has 174 valence electrons. The Balaban J connectivity index is 1.81. The van der Waals surface area contributed by atoms with Gasteiger partial charge in [-0.1, -0.05) is 54.1 Å². The predicted molar refractivity (Wildman–Crippen MR) is 139 cm³/mol. The molecule has 0 aliphatic rings. The quantitative estimate of drug-likeness (QED) is 0.257. The molecular weight excluding hydrogens is 448 g/mol. The molecule has 0 saturated carbocycles. The Morgan fingerprint density at radius 1 is 0.882 bits per heavy atom. The molecule has 0 aliphatic heterocycles. The first-order valence-electron chi connectivity index (χ1n) is 11.0. The summed E-state index contributed by atoms with van der Waals surface area (Å²) in [6.07, 6.45) is 3.13. The summed E-state index contributed by atoms with van der Waals surface area (Å²) in [5, 5.41) is 7.33. The van der Waals surface area contributed by atoms with Crippen LogP contribution in [0.15, 0.2) is 89.7 Å². The molecule has 3 aromatic rings. The van der Waals surface area contributed by atoms with E-state index in [1.807, 2.05) is 30.3 Å². The summed E-state index contributed by atoms with van der Waals surface area (Å²) in [4.78, 5) is 27.8. The van der Waals surface area contributed by atoms with Gasteiger partial charge in [0.1, 0.15) is 5.70 Å². The Morgan fingerprint density at radius 3 is 2.12 bits per heavy atom. The summed E-state index contributed by atoms with van der Waals surface area (Å²) in [5.41, 5.74) is 5.64. The largest absolute Gasteiger partial charge is 0.372 e. The second-order valence-electron chi connectivity index (χ2n) is 7.39. The number of nitrogens with one attached hydrogen (secondary N) is 2. The van der Waals surface area contributed by atoms with E-state index in [9.17, 15) is 9.59 Å². The topological polar surface area (TPSA) is 73.8 Å². The van der Waals surface area contributed by atoms with E-state index in [4.69, 9.17) is 11.6 Å². The van der Waals surface area contributed by atoms with Gasteiger partial charge < -0.3 is 10.2 Å². The van der Waals surface area contributed by atoms with Crippen LogP contribution in [0.2, 0.25) is 5.02 Å². The average molecular weight is 475 g/mol. The van der Waals surface area contributed by atoms with E-state index in [0.29, 0.717) is 10.6 Å². The van der Waals surface area contributed by atoms with E-state index in [2.05, 4.69) is 34.6 Å². The van der Waals surface area contributed by atoms with E-state index >= 15 is 0 Å². The van der Waals surface area contributed by atoms with Crippen molar-refractivity contribution in [2.24, 2.45) is 5.10 Å². The maximum Gasteiger partial charge on any atom is 0.287 e. The molecule has 34 heavy (non-hydrogen) atoms. The van der Waals surface area contributed by atoms with Crippen LogP contribution < -0.4 is 15.6 Å². The third kappa shape index (κ3) is 7.05. The molecule has 2 N–H and O–H groups in total. The minimum atomic E-state index is -0.540. The number of halogens is 1. The van der Waals surface area contributed by atoms with Crippen LogP contribution in [-0.2, 0) is 4.79 Å². The van der Waals surface area contributed by atoms with Crippen molar-refractivity contribution in [2.45, 2.75) is 13.8 Å². The third-order valence-electron chi connectivity index (χ3n) is 5.11. The summed E-state index contributed by atoms with van der Waals surface area (Å²) >= 11 is 5.89. The minimum absolute atomic E-state index is 0.0812. The molecule has 0 aromatic heterocycles. The van der Waals surface area contributed by atoms with Gasteiger partial charge in [-0.05, 0) is 67.4 Å². The molecule has 0 spiro atoms. The van der Waals surface area contributed by atoms with Crippen molar-refractivity contribution in [1.82, 2.24) is 10.7 Å². The van der Waals surface area contributed by atoms with E-state index in [-0.39, 0.29) is 11.6 Å². The number of hydrazone groups is 1. The Hall–Kier alpha value is -3.90. The fourth-order valence-electron chi connectivity index (χ4n) is 3.25. The summed E-state index contributed by atoms with van der Waals surface area (Å²) in [7, 11) is 0. The zero-order valence-corrected chi connectivity index (χ0v) is 19.9. The number of rotatable bonds is 9. The maximum atomic E-state index is 12.9. The Bertz CT molecular complexity index is 1150. The second-order valence-corrected chi connectivity index (χ2v) is 7.83. The van der Waals surface area contributed by atoms with E-state index < -0.39 is 5.91 Å². The maximum absolute atomic E-state index is 12.9. The van der Waals surface area contributed by atoms with Crippen molar-refractivity contribution in [3.63, 3.8) is 0 Å². The molecule has 0 saturated heterocycles. The lowest BCUT2D eigenvalue weighted by Crippen LogP contribution is -2.32. The smallest absolute Gasteiger partial charge is 0.287 e. The van der Waals surface area contributed by atoms with Crippen LogP contribution in [0.3, 0.4) is 0 Å².